The summed E-state index contributed by atoms with van der Waals surface area (Å²) in [5.41, 5.74) is 2.66. The lowest BCUT2D eigenvalue weighted by atomic mass is 10.2. The van der Waals surface area contributed by atoms with E-state index in [1.54, 1.807) is 61.5 Å². The van der Waals surface area contributed by atoms with Gasteiger partial charge in [0.1, 0.15) is 5.52 Å². The number of carbonyl (C=O) groups excluding carboxylic acids is 1. The van der Waals surface area contributed by atoms with Crippen molar-refractivity contribution in [2.24, 2.45) is 0 Å². The predicted molar refractivity (Wildman–Crippen MR) is 121 cm³/mol. The van der Waals surface area contributed by atoms with E-state index >= 15 is 0 Å². The average molecular weight is 456 g/mol. The molecule has 158 valence electrons. The molecule has 0 spiro atoms. The molecule has 0 bridgehead atoms. The first kappa shape index (κ1) is 20.9. The number of nitrogens with one attached hydrogen (secondary N) is 2. The Balaban J connectivity index is 1.56. The summed E-state index contributed by atoms with van der Waals surface area (Å²) in [4.78, 5) is 16.9. The molecule has 0 unspecified atom stereocenters. The number of rotatable bonds is 5. The van der Waals surface area contributed by atoms with Crippen molar-refractivity contribution >= 4 is 49.9 Å². The Labute approximate surface area is 184 Å². The van der Waals surface area contributed by atoms with Crippen LogP contribution < -0.4 is 10.6 Å². The third-order valence-electron chi connectivity index (χ3n) is 4.55. The highest BCUT2D eigenvalue weighted by molar-refractivity contribution is 7.91. The number of hydrogen-bond donors (Lipinski definition) is 2. The van der Waals surface area contributed by atoms with Crippen LogP contribution in [0.15, 0.2) is 76.0 Å². The van der Waals surface area contributed by atoms with Crippen LogP contribution in [0.25, 0.3) is 22.6 Å². The molecule has 1 aromatic heterocycles. The van der Waals surface area contributed by atoms with Crippen LogP contribution in [0.2, 0.25) is 5.02 Å². The third kappa shape index (κ3) is 4.70. The Morgan fingerprint density at radius 3 is 2.42 bits per heavy atom. The fourth-order valence-electron chi connectivity index (χ4n) is 2.98. The molecular weight excluding hydrogens is 438 g/mol. The Bertz CT molecular complexity index is 1380. The number of carbonyl (C=O) groups is 1. The molecule has 3 aromatic carbocycles. The van der Waals surface area contributed by atoms with Gasteiger partial charge >= 0.3 is 6.03 Å². The van der Waals surface area contributed by atoms with Gasteiger partial charge in [-0.05, 0) is 54.6 Å². The number of aromatic nitrogens is 1. The summed E-state index contributed by atoms with van der Waals surface area (Å²) in [6, 6.07) is 18.0. The Kier molecular flexibility index (Phi) is 5.67. The van der Waals surface area contributed by atoms with Gasteiger partial charge in [0, 0.05) is 22.0 Å². The van der Waals surface area contributed by atoms with Crippen molar-refractivity contribution in [3.8, 4) is 11.5 Å². The normalized spacial score (nSPS) is 11.4. The quantitative estimate of drug-likeness (QED) is 0.408. The van der Waals surface area contributed by atoms with E-state index in [1.807, 2.05) is 0 Å². The van der Waals surface area contributed by atoms with Crippen molar-refractivity contribution in [3.63, 3.8) is 0 Å². The fraction of sp³-hybridized carbons (Fsp3) is 0.0909. The molecule has 0 saturated heterocycles. The number of halogens is 1. The summed E-state index contributed by atoms with van der Waals surface area (Å²) in [6.07, 6.45) is 0. The van der Waals surface area contributed by atoms with Crippen LogP contribution in [0, 0.1) is 0 Å². The van der Waals surface area contributed by atoms with Crippen molar-refractivity contribution in [2.75, 3.05) is 16.4 Å². The van der Waals surface area contributed by atoms with E-state index in [0.717, 1.165) is 0 Å². The Hall–Kier alpha value is -3.36. The second-order valence-electron chi connectivity index (χ2n) is 6.72. The van der Waals surface area contributed by atoms with Crippen LogP contribution >= 0.6 is 11.6 Å². The first-order valence-electron chi connectivity index (χ1n) is 9.41. The molecule has 0 aliphatic rings. The van der Waals surface area contributed by atoms with Crippen LogP contribution in [0.1, 0.15) is 6.92 Å². The van der Waals surface area contributed by atoms with Crippen molar-refractivity contribution < 1.29 is 17.6 Å². The molecular formula is C22H18ClN3O4S. The molecule has 31 heavy (non-hydrogen) atoms. The molecule has 4 rings (SSSR count). The number of sulfone groups is 1. The Morgan fingerprint density at radius 1 is 1.00 bits per heavy atom. The lowest BCUT2D eigenvalue weighted by molar-refractivity contribution is 0.262. The summed E-state index contributed by atoms with van der Waals surface area (Å²) < 4.78 is 30.0. The highest BCUT2D eigenvalue weighted by atomic mass is 35.5. The topological polar surface area (TPSA) is 101 Å². The van der Waals surface area contributed by atoms with Crippen molar-refractivity contribution in [1.29, 1.82) is 0 Å². The van der Waals surface area contributed by atoms with Crippen molar-refractivity contribution in [3.05, 3.63) is 71.8 Å². The number of urea groups is 1. The molecule has 0 fully saturated rings. The van der Waals surface area contributed by atoms with E-state index in [-0.39, 0.29) is 10.6 Å². The van der Waals surface area contributed by atoms with Gasteiger partial charge in [0.05, 0.1) is 10.6 Å². The van der Waals surface area contributed by atoms with Gasteiger partial charge < -0.3 is 15.1 Å². The molecule has 0 aliphatic heterocycles. The van der Waals surface area contributed by atoms with E-state index < -0.39 is 15.9 Å². The fourth-order valence-corrected chi connectivity index (χ4v) is 4.07. The highest BCUT2D eigenvalue weighted by Gasteiger charge is 2.15. The Morgan fingerprint density at radius 2 is 1.71 bits per heavy atom. The first-order valence-corrected chi connectivity index (χ1v) is 11.4. The zero-order valence-corrected chi connectivity index (χ0v) is 18.0. The van der Waals surface area contributed by atoms with Gasteiger partial charge in [-0.2, -0.15) is 0 Å². The number of oxazole rings is 1. The van der Waals surface area contributed by atoms with Crippen LogP contribution in [-0.2, 0) is 9.84 Å². The van der Waals surface area contributed by atoms with E-state index in [9.17, 15) is 13.2 Å². The lowest BCUT2D eigenvalue weighted by Crippen LogP contribution is -2.19. The van der Waals surface area contributed by atoms with Gasteiger partial charge in [0.25, 0.3) is 0 Å². The maximum absolute atomic E-state index is 12.3. The molecule has 2 amide bonds. The summed E-state index contributed by atoms with van der Waals surface area (Å²) >= 11 is 5.93. The van der Waals surface area contributed by atoms with Gasteiger partial charge in [0.15, 0.2) is 15.4 Å². The van der Waals surface area contributed by atoms with Crippen LogP contribution in [0.3, 0.4) is 0 Å². The minimum absolute atomic E-state index is 0.00812. The average Bonchev–Trinajstić information content (AvgIpc) is 3.17. The third-order valence-corrected chi connectivity index (χ3v) is 6.52. The molecule has 7 nitrogen and oxygen atoms in total. The SMILES string of the molecule is CCS(=O)(=O)c1ccc2oc(-c3cccc(NC(=O)Nc4cccc(Cl)c4)c3)nc2c1. The maximum Gasteiger partial charge on any atom is 0.323 e. The van der Waals surface area contributed by atoms with Gasteiger partial charge in [-0.1, -0.05) is 30.7 Å². The predicted octanol–water partition coefficient (Wildman–Crippen LogP) is 5.59. The summed E-state index contributed by atoms with van der Waals surface area (Å²) in [5.74, 6) is 0.328. The van der Waals surface area contributed by atoms with Crippen molar-refractivity contribution in [1.82, 2.24) is 4.98 Å². The number of amides is 2. The number of anilines is 2. The van der Waals surface area contributed by atoms with Crippen LogP contribution in [0.5, 0.6) is 0 Å². The lowest BCUT2D eigenvalue weighted by Gasteiger charge is -2.08. The molecule has 9 heteroatoms. The monoisotopic (exact) mass is 455 g/mol. The summed E-state index contributed by atoms with van der Waals surface area (Å²) in [6.45, 7) is 1.59. The van der Waals surface area contributed by atoms with E-state index in [0.29, 0.717) is 39.0 Å². The molecule has 4 aromatic rings. The van der Waals surface area contributed by atoms with Gasteiger partial charge in [-0.25, -0.2) is 18.2 Å². The minimum atomic E-state index is -3.34. The number of hydrogen-bond acceptors (Lipinski definition) is 5. The van der Waals surface area contributed by atoms with Gasteiger partial charge in [-0.3, -0.25) is 0 Å². The van der Waals surface area contributed by atoms with Crippen molar-refractivity contribution in [2.45, 2.75) is 11.8 Å². The summed E-state index contributed by atoms with van der Waals surface area (Å²) in [5, 5.41) is 5.97. The number of fused-ring (bicyclic) bond motifs is 1. The second-order valence-corrected chi connectivity index (χ2v) is 9.44. The summed E-state index contributed by atoms with van der Waals surface area (Å²) in [7, 11) is -3.34. The molecule has 2 N–H and O–H groups in total. The largest absolute Gasteiger partial charge is 0.436 e. The second kappa shape index (κ2) is 8.41. The van der Waals surface area contributed by atoms with Gasteiger partial charge in [0.2, 0.25) is 5.89 Å². The highest BCUT2D eigenvalue weighted by Crippen LogP contribution is 2.28. The van der Waals surface area contributed by atoms with E-state index in [4.69, 9.17) is 16.0 Å². The molecule has 0 radical (unpaired) electrons. The standard InChI is InChI=1S/C22H18ClN3O4S/c1-2-31(28,29)18-9-10-20-19(13-18)26-21(30-20)14-5-3-7-16(11-14)24-22(27)25-17-8-4-6-15(23)12-17/h3-13H,2H2,1H3,(H2,24,25,27). The van der Waals surface area contributed by atoms with E-state index in [2.05, 4.69) is 15.6 Å². The van der Waals surface area contributed by atoms with Crippen LogP contribution in [0.4, 0.5) is 16.2 Å². The van der Waals surface area contributed by atoms with Gasteiger partial charge in [-0.15, -0.1) is 0 Å². The van der Waals surface area contributed by atoms with E-state index in [1.165, 1.54) is 12.1 Å². The minimum Gasteiger partial charge on any atom is -0.436 e. The molecule has 1 heterocycles. The number of benzene rings is 3. The first-order chi connectivity index (χ1) is 14.8. The maximum atomic E-state index is 12.3. The zero-order valence-electron chi connectivity index (χ0n) is 16.4. The molecule has 0 aliphatic carbocycles. The molecule has 0 saturated carbocycles. The number of nitrogens with zero attached hydrogens (tertiary/aromatic N) is 1. The van der Waals surface area contributed by atoms with Crippen LogP contribution in [-0.4, -0.2) is 25.2 Å². The smallest absolute Gasteiger partial charge is 0.323 e. The zero-order chi connectivity index (χ0) is 22.0. The molecule has 0 atom stereocenters.